The van der Waals surface area contributed by atoms with Gasteiger partial charge in [0.1, 0.15) is 11.5 Å². The molecule has 1 N–H and O–H groups in total. The topological polar surface area (TPSA) is 58.4 Å². The monoisotopic (exact) mass is 275 g/mol. The van der Waals surface area contributed by atoms with Crippen molar-refractivity contribution in [2.75, 3.05) is 24.5 Å². The molecule has 1 aliphatic rings. The van der Waals surface area contributed by atoms with E-state index in [2.05, 4.69) is 5.32 Å². The first-order chi connectivity index (χ1) is 8.08. The molecule has 100 valence electrons. The lowest BCUT2D eigenvalue weighted by Gasteiger charge is -2.33. The molecule has 0 bridgehead atoms. The summed E-state index contributed by atoms with van der Waals surface area (Å²) >= 11 is 0. The summed E-state index contributed by atoms with van der Waals surface area (Å²) in [6.07, 6.45) is 0. The van der Waals surface area contributed by atoms with E-state index in [1.165, 1.54) is 12.1 Å². The summed E-state index contributed by atoms with van der Waals surface area (Å²) < 4.78 is 13.0. The summed E-state index contributed by atoms with van der Waals surface area (Å²) in [5.74, 6) is -0.580. The zero-order chi connectivity index (χ0) is 12.4. The van der Waals surface area contributed by atoms with Gasteiger partial charge in [0, 0.05) is 25.7 Å². The number of piperazine rings is 1. The number of anilines is 1. The molecule has 1 aromatic rings. The van der Waals surface area contributed by atoms with Crippen molar-refractivity contribution in [1.82, 2.24) is 5.32 Å². The second-order valence-electron chi connectivity index (χ2n) is 4.19. The van der Waals surface area contributed by atoms with Gasteiger partial charge >= 0.3 is 0 Å². The molecular weight excluding hydrogens is 261 g/mol. The number of rotatable bonds is 2. The summed E-state index contributed by atoms with van der Waals surface area (Å²) in [6, 6.07) is 3.98. The Labute approximate surface area is 111 Å². The summed E-state index contributed by atoms with van der Waals surface area (Å²) in [7, 11) is 0. The maximum atomic E-state index is 13.0. The van der Waals surface area contributed by atoms with Crippen molar-refractivity contribution in [3.63, 3.8) is 0 Å². The fourth-order valence-corrected chi connectivity index (χ4v) is 2.06. The lowest BCUT2D eigenvalue weighted by atomic mass is 10.2. The van der Waals surface area contributed by atoms with Gasteiger partial charge in [-0.2, -0.15) is 0 Å². The highest BCUT2D eigenvalue weighted by molar-refractivity contribution is 5.85. The molecule has 0 radical (unpaired) electrons. The number of hydrogen-bond acceptors (Lipinski definition) is 4. The fraction of sp³-hybridized carbons (Fsp3) is 0.455. The minimum absolute atomic E-state index is 0. The van der Waals surface area contributed by atoms with Gasteiger partial charge in [-0.1, -0.05) is 0 Å². The molecule has 5 nitrogen and oxygen atoms in total. The Morgan fingerprint density at radius 1 is 1.56 bits per heavy atom. The molecule has 2 rings (SSSR count). The van der Waals surface area contributed by atoms with Crippen LogP contribution < -0.4 is 10.2 Å². The van der Waals surface area contributed by atoms with Crippen molar-refractivity contribution in [1.29, 1.82) is 0 Å². The molecule has 1 fully saturated rings. The Morgan fingerprint density at radius 2 is 2.28 bits per heavy atom. The van der Waals surface area contributed by atoms with Crippen LogP contribution in [0.3, 0.4) is 0 Å². The van der Waals surface area contributed by atoms with Crippen LogP contribution in [0.25, 0.3) is 0 Å². The minimum atomic E-state index is -0.580. The molecule has 0 aliphatic carbocycles. The number of hydrogen-bond donors (Lipinski definition) is 1. The summed E-state index contributed by atoms with van der Waals surface area (Å²) in [6.45, 7) is 4.17. The van der Waals surface area contributed by atoms with E-state index in [-0.39, 0.29) is 24.1 Å². The van der Waals surface area contributed by atoms with Crippen LogP contribution in [0, 0.1) is 15.9 Å². The van der Waals surface area contributed by atoms with E-state index in [1.54, 1.807) is 0 Å². The zero-order valence-corrected chi connectivity index (χ0v) is 10.7. The molecule has 18 heavy (non-hydrogen) atoms. The third-order valence-corrected chi connectivity index (χ3v) is 2.84. The number of nitro groups is 1. The molecule has 7 heteroatoms. The quantitative estimate of drug-likeness (QED) is 0.662. The molecule has 0 amide bonds. The van der Waals surface area contributed by atoms with Gasteiger partial charge in [0.2, 0.25) is 0 Å². The highest BCUT2D eigenvalue weighted by Crippen LogP contribution is 2.29. The van der Waals surface area contributed by atoms with Crippen molar-refractivity contribution in [2.45, 2.75) is 13.0 Å². The lowest BCUT2D eigenvalue weighted by molar-refractivity contribution is -0.384. The summed E-state index contributed by atoms with van der Waals surface area (Å²) in [4.78, 5) is 12.3. The van der Waals surface area contributed by atoms with Gasteiger partial charge in [0.15, 0.2) is 0 Å². The maximum Gasteiger partial charge on any atom is 0.295 e. The number of benzene rings is 1. The second kappa shape index (κ2) is 5.97. The zero-order valence-electron chi connectivity index (χ0n) is 9.93. The minimum Gasteiger partial charge on any atom is -0.363 e. The van der Waals surface area contributed by atoms with Crippen molar-refractivity contribution >= 4 is 23.8 Å². The number of halogens is 2. The Morgan fingerprint density at radius 3 is 2.89 bits per heavy atom. The van der Waals surface area contributed by atoms with E-state index < -0.39 is 10.7 Å². The predicted molar refractivity (Wildman–Crippen MR) is 70.0 cm³/mol. The Bertz CT molecular complexity index is 444. The normalized spacial score (nSPS) is 19.2. The van der Waals surface area contributed by atoms with E-state index in [0.717, 1.165) is 12.6 Å². The first-order valence-corrected chi connectivity index (χ1v) is 5.50. The van der Waals surface area contributed by atoms with Gasteiger partial charge in [-0.3, -0.25) is 10.1 Å². The Kier molecular flexibility index (Phi) is 4.86. The van der Waals surface area contributed by atoms with Crippen LogP contribution in [0.5, 0.6) is 0 Å². The SMILES string of the molecule is CC1CN(c2ccc(F)cc2[N+](=O)[O-])CCN1.Cl. The second-order valence-corrected chi connectivity index (χ2v) is 4.19. The molecule has 1 heterocycles. The number of nitrogens with one attached hydrogen (secondary N) is 1. The Hall–Kier alpha value is -1.40. The average Bonchev–Trinajstić information content (AvgIpc) is 2.28. The molecule has 0 spiro atoms. The van der Waals surface area contributed by atoms with Crippen LogP contribution in [0.1, 0.15) is 6.92 Å². The Balaban J connectivity index is 0.00000162. The van der Waals surface area contributed by atoms with Crippen molar-refractivity contribution in [3.05, 3.63) is 34.1 Å². The number of nitrogens with zero attached hydrogens (tertiary/aromatic N) is 2. The average molecular weight is 276 g/mol. The van der Waals surface area contributed by atoms with Gasteiger partial charge in [0.05, 0.1) is 11.0 Å². The van der Waals surface area contributed by atoms with Gasteiger partial charge in [-0.05, 0) is 19.1 Å². The molecule has 1 aliphatic heterocycles. The molecule has 1 aromatic carbocycles. The van der Waals surface area contributed by atoms with Crippen LogP contribution in [-0.4, -0.2) is 30.6 Å². The maximum absolute atomic E-state index is 13.0. The van der Waals surface area contributed by atoms with Gasteiger partial charge in [0.25, 0.3) is 5.69 Å². The van der Waals surface area contributed by atoms with Crippen molar-refractivity contribution < 1.29 is 9.31 Å². The van der Waals surface area contributed by atoms with Crippen molar-refractivity contribution in [3.8, 4) is 0 Å². The lowest BCUT2D eigenvalue weighted by Crippen LogP contribution is -2.49. The first kappa shape index (κ1) is 14.7. The van der Waals surface area contributed by atoms with Crippen LogP contribution in [0.4, 0.5) is 15.8 Å². The van der Waals surface area contributed by atoms with Gasteiger partial charge in [-0.25, -0.2) is 4.39 Å². The van der Waals surface area contributed by atoms with Crippen LogP contribution in [-0.2, 0) is 0 Å². The predicted octanol–water partition coefficient (Wildman–Crippen LogP) is 1.95. The van der Waals surface area contributed by atoms with Crippen LogP contribution >= 0.6 is 12.4 Å². The van der Waals surface area contributed by atoms with Crippen LogP contribution in [0.15, 0.2) is 18.2 Å². The molecular formula is C11H15ClFN3O2. The van der Waals surface area contributed by atoms with Crippen LogP contribution in [0.2, 0.25) is 0 Å². The largest absolute Gasteiger partial charge is 0.363 e. The smallest absolute Gasteiger partial charge is 0.295 e. The fourth-order valence-electron chi connectivity index (χ4n) is 2.06. The van der Waals surface area contributed by atoms with E-state index >= 15 is 0 Å². The molecule has 0 saturated carbocycles. The van der Waals surface area contributed by atoms with Gasteiger partial charge in [-0.15, -0.1) is 12.4 Å². The van der Waals surface area contributed by atoms with Gasteiger partial charge < -0.3 is 10.2 Å². The highest BCUT2D eigenvalue weighted by Gasteiger charge is 2.23. The third kappa shape index (κ3) is 3.08. The summed E-state index contributed by atoms with van der Waals surface area (Å²) in [5.41, 5.74) is 0.323. The molecule has 1 unspecified atom stereocenters. The highest BCUT2D eigenvalue weighted by atomic mass is 35.5. The van der Waals surface area contributed by atoms with E-state index in [9.17, 15) is 14.5 Å². The molecule has 0 aromatic heterocycles. The van der Waals surface area contributed by atoms with E-state index in [1.807, 2.05) is 11.8 Å². The van der Waals surface area contributed by atoms with Crippen molar-refractivity contribution in [2.24, 2.45) is 0 Å². The van der Waals surface area contributed by atoms with E-state index in [4.69, 9.17) is 0 Å². The number of nitro benzene ring substituents is 1. The first-order valence-electron chi connectivity index (χ1n) is 5.50. The molecule has 1 saturated heterocycles. The summed E-state index contributed by atoms with van der Waals surface area (Å²) in [5, 5.41) is 14.2. The molecule has 1 atom stereocenters. The van der Waals surface area contributed by atoms with E-state index in [0.29, 0.717) is 18.8 Å². The standard InChI is InChI=1S/C11H14FN3O2.ClH/c1-8-7-14(5-4-13-8)10-3-2-9(12)6-11(10)15(16)17;/h2-3,6,8,13H,4-5,7H2,1H3;1H. The third-order valence-electron chi connectivity index (χ3n) is 2.84.